The standard InChI is InChI=1S/C9H20Si/c1-7(2)6-8-4-3-5-9(8)10/h7-9H,3-6H2,1-2,10H3. The summed E-state index contributed by atoms with van der Waals surface area (Å²) in [6.45, 7) is 4.71. The summed E-state index contributed by atoms with van der Waals surface area (Å²) in [5.41, 5.74) is 1.15. The van der Waals surface area contributed by atoms with Crippen LogP contribution in [0.5, 0.6) is 0 Å². The van der Waals surface area contributed by atoms with E-state index in [4.69, 9.17) is 0 Å². The highest BCUT2D eigenvalue weighted by Crippen LogP contribution is 2.37. The van der Waals surface area contributed by atoms with Gasteiger partial charge in [-0.05, 0) is 18.3 Å². The van der Waals surface area contributed by atoms with E-state index in [1.165, 1.54) is 29.5 Å². The van der Waals surface area contributed by atoms with Crippen LogP contribution in [0.1, 0.15) is 39.5 Å². The Labute approximate surface area is 67.8 Å². The van der Waals surface area contributed by atoms with Crippen LogP contribution in [-0.4, -0.2) is 10.2 Å². The molecule has 1 aliphatic rings. The maximum Gasteiger partial charge on any atom is 0.00708 e. The molecule has 0 aromatic heterocycles. The van der Waals surface area contributed by atoms with E-state index in [0.29, 0.717) is 0 Å². The molecule has 1 rings (SSSR count). The van der Waals surface area contributed by atoms with Gasteiger partial charge in [-0.3, -0.25) is 0 Å². The van der Waals surface area contributed by atoms with Gasteiger partial charge in [0.25, 0.3) is 0 Å². The molecule has 0 bridgehead atoms. The molecule has 0 saturated heterocycles. The van der Waals surface area contributed by atoms with Crippen LogP contribution in [0.4, 0.5) is 0 Å². The normalized spacial score (nSPS) is 33.9. The van der Waals surface area contributed by atoms with E-state index in [1.807, 2.05) is 0 Å². The fraction of sp³-hybridized carbons (Fsp3) is 1.00. The highest BCUT2D eigenvalue weighted by atomic mass is 28.1. The topological polar surface area (TPSA) is 0 Å². The predicted molar refractivity (Wildman–Crippen MR) is 50.5 cm³/mol. The molecule has 0 aromatic rings. The third-order valence-corrected chi connectivity index (χ3v) is 4.33. The molecule has 0 aliphatic heterocycles. The molecule has 0 radical (unpaired) electrons. The third-order valence-electron chi connectivity index (χ3n) is 2.81. The molecule has 1 fully saturated rings. The lowest BCUT2D eigenvalue weighted by Crippen LogP contribution is -2.05. The molecule has 1 heteroatoms. The van der Waals surface area contributed by atoms with Gasteiger partial charge in [-0.25, -0.2) is 0 Å². The van der Waals surface area contributed by atoms with Gasteiger partial charge in [0, 0.05) is 10.2 Å². The summed E-state index contributed by atoms with van der Waals surface area (Å²) < 4.78 is 0. The van der Waals surface area contributed by atoms with Gasteiger partial charge in [0.05, 0.1) is 0 Å². The Hall–Kier alpha value is 0.217. The molecular weight excluding hydrogens is 136 g/mol. The van der Waals surface area contributed by atoms with Crippen molar-refractivity contribution in [3.8, 4) is 0 Å². The van der Waals surface area contributed by atoms with Crippen LogP contribution in [0.25, 0.3) is 0 Å². The van der Waals surface area contributed by atoms with Crippen molar-refractivity contribution in [3.63, 3.8) is 0 Å². The Bertz CT molecular complexity index is 98.9. The molecule has 0 heterocycles. The van der Waals surface area contributed by atoms with Crippen molar-refractivity contribution in [1.29, 1.82) is 0 Å². The molecule has 0 N–H and O–H groups in total. The van der Waals surface area contributed by atoms with Crippen molar-refractivity contribution in [1.82, 2.24) is 0 Å². The third kappa shape index (κ3) is 2.12. The first-order chi connectivity index (χ1) is 4.70. The van der Waals surface area contributed by atoms with Crippen molar-refractivity contribution >= 4 is 10.2 Å². The summed E-state index contributed by atoms with van der Waals surface area (Å²) in [5.74, 6) is 2.05. The van der Waals surface area contributed by atoms with Gasteiger partial charge >= 0.3 is 0 Å². The van der Waals surface area contributed by atoms with Crippen LogP contribution in [0.3, 0.4) is 0 Å². The van der Waals surface area contributed by atoms with Crippen molar-refractivity contribution in [2.24, 2.45) is 11.8 Å². The van der Waals surface area contributed by atoms with E-state index >= 15 is 0 Å². The molecule has 0 amide bonds. The van der Waals surface area contributed by atoms with Gasteiger partial charge in [-0.1, -0.05) is 38.7 Å². The Morgan fingerprint density at radius 3 is 2.50 bits per heavy atom. The monoisotopic (exact) mass is 156 g/mol. The molecule has 60 valence electrons. The average molecular weight is 156 g/mol. The fourth-order valence-electron chi connectivity index (χ4n) is 2.18. The van der Waals surface area contributed by atoms with E-state index in [9.17, 15) is 0 Å². The first-order valence-corrected chi connectivity index (χ1v) is 5.85. The molecule has 2 atom stereocenters. The predicted octanol–water partition coefficient (Wildman–Crippen LogP) is 1.99. The van der Waals surface area contributed by atoms with Crippen molar-refractivity contribution in [3.05, 3.63) is 0 Å². The molecule has 0 nitrogen and oxygen atoms in total. The molecule has 10 heavy (non-hydrogen) atoms. The van der Waals surface area contributed by atoms with Crippen LogP contribution in [-0.2, 0) is 0 Å². The minimum atomic E-state index is 0.930. The fourth-order valence-corrected chi connectivity index (χ4v) is 3.19. The quantitative estimate of drug-likeness (QED) is 0.536. The molecule has 0 spiro atoms. The molecule has 2 unspecified atom stereocenters. The first-order valence-electron chi connectivity index (χ1n) is 4.70. The summed E-state index contributed by atoms with van der Waals surface area (Å²) >= 11 is 0. The zero-order chi connectivity index (χ0) is 7.56. The minimum Gasteiger partial charge on any atom is -0.0628 e. The second kappa shape index (κ2) is 3.56. The molecular formula is C9H20Si. The molecule has 1 aliphatic carbocycles. The summed E-state index contributed by atoms with van der Waals surface area (Å²) in [5, 5.41) is 0. The van der Waals surface area contributed by atoms with E-state index in [0.717, 1.165) is 17.4 Å². The molecule has 1 saturated carbocycles. The Morgan fingerprint density at radius 1 is 1.40 bits per heavy atom. The van der Waals surface area contributed by atoms with Gasteiger partial charge in [0.1, 0.15) is 0 Å². The maximum atomic E-state index is 2.35. The SMILES string of the molecule is CC(C)CC1CCCC1[SiH3]. The van der Waals surface area contributed by atoms with Gasteiger partial charge in [0.2, 0.25) is 0 Å². The zero-order valence-corrected chi connectivity index (χ0v) is 9.56. The van der Waals surface area contributed by atoms with Gasteiger partial charge in [0.15, 0.2) is 0 Å². The van der Waals surface area contributed by atoms with Crippen molar-refractivity contribution < 1.29 is 0 Å². The number of rotatable bonds is 2. The van der Waals surface area contributed by atoms with E-state index in [2.05, 4.69) is 13.8 Å². The summed E-state index contributed by atoms with van der Waals surface area (Å²) in [7, 11) is 1.44. The van der Waals surface area contributed by atoms with Crippen LogP contribution >= 0.6 is 0 Å². The average Bonchev–Trinajstić information content (AvgIpc) is 2.15. The lowest BCUT2D eigenvalue weighted by atomic mass is 9.96. The minimum absolute atomic E-state index is 0.930. The zero-order valence-electron chi connectivity index (χ0n) is 7.56. The maximum absolute atomic E-state index is 2.35. The lowest BCUT2D eigenvalue weighted by molar-refractivity contribution is 0.419. The van der Waals surface area contributed by atoms with Crippen LogP contribution in [0, 0.1) is 11.8 Å². The van der Waals surface area contributed by atoms with Gasteiger partial charge in [-0.2, -0.15) is 0 Å². The molecule has 0 aromatic carbocycles. The van der Waals surface area contributed by atoms with Crippen molar-refractivity contribution in [2.75, 3.05) is 0 Å². The van der Waals surface area contributed by atoms with Crippen LogP contribution in [0.2, 0.25) is 5.54 Å². The van der Waals surface area contributed by atoms with Gasteiger partial charge in [-0.15, -0.1) is 0 Å². The Balaban J connectivity index is 2.26. The number of hydrogen-bond donors (Lipinski definition) is 0. The van der Waals surface area contributed by atoms with E-state index < -0.39 is 0 Å². The van der Waals surface area contributed by atoms with E-state index in [1.54, 1.807) is 6.42 Å². The van der Waals surface area contributed by atoms with Crippen LogP contribution in [0.15, 0.2) is 0 Å². The highest BCUT2D eigenvalue weighted by molar-refractivity contribution is 6.11. The first kappa shape index (κ1) is 8.31. The lowest BCUT2D eigenvalue weighted by Gasteiger charge is -2.16. The second-order valence-electron chi connectivity index (χ2n) is 4.30. The highest BCUT2D eigenvalue weighted by Gasteiger charge is 2.23. The Kier molecular flexibility index (Phi) is 2.96. The smallest absolute Gasteiger partial charge is 0.00708 e. The second-order valence-corrected chi connectivity index (χ2v) is 5.78. The largest absolute Gasteiger partial charge is 0.0628 e. The summed E-state index contributed by atoms with van der Waals surface area (Å²) in [4.78, 5) is 0. The van der Waals surface area contributed by atoms with Crippen LogP contribution < -0.4 is 0 Å². The summed E-state index contributed by atoms with van der Waals surface area (Å²) in [6, 6.07) is 0. The van der Waals surface area contributed by atoms with Gasteiger partial charge < -0.3 is 0 Å². The summed E-state index contributed by atoms with van der Waals surface area (Å²) in [6.07, 6.45) is 6.09. The van der Waals surface area contributed by atoms with E-state index in [-0.39, 0.29) is 0 Å². The number of hydrogen-bond acceptors (Lipinski definition) is 0. The Morgan fingerprint density at radius 2 is 2.10 bits per heavy atom. The van der Waals surface area contributed by atoms with Crippen molar-refractivity contribution in [2.45, 2.75) is 45.1 Å².